The quantitative estimate of drug-likeness (QED) is 0.324. The summed E-state index contributed by atoms with van der Waals surface area (Å²) in [5.41, 5.74) is 1.38. The van der Waals surface area contributed by atoms with Crippen LogP contribution in [0.15, 0.2) is 77.0 Å². The Kier molecular flexibility index (Phi) is 6.90. The van der Waals surface area contributed by atoms with Crippen LogP contribution >= 0.6 is 23.2 Å². The van der Waals surface area contributed by atoms with Crippen molar-refractivity contribution in [3.63, 3.8) is 0 Å². The average Bonchev–Trinajstić information content (AvgIpc) is 3.09. The molecule has 0 aliphatic rings. The number of para-hydroxylation sites is 1. The first kappa shape index (κ1) is 23.4. The number of carbonyl (C=O) groups is 2. The number of nitrogens with one attached hydrogen (secondary N) is 1. The van der Waals surface area contributed by atoms with E-state index in [-0.39, 0.29) is 23.7 Å². The number of carbonyl (C=O) groups excluding carboxylic acids is 2. The maximum atomic E-state index is 13.7. The molecule has 0 fully saturated rings. The van der Waals surface area contributed by atoms with Gasteiger partial charge in [-0.1, -0.05) is 59.6 Å². The number of benzene rings is 3. The third-order valence-corrected chi connectivity index (χ3v) is 5.76. The summed E-state index contributed by atoms with van der Waals surface area (Å²) < 4.78 is 15.3. The number of aromatic nitrogens is 1. The van der Waals surface area contributed by atoms with Gasteiger partial charge < -0.3 is 15.0 Å². The van der Waals surface area contributed by atoms with Gasteiger partial charge in [0.05, 0.1) is 27.7 Å². The SMILES string of the molecule is O=C(CNC(=O)c1ccccc1F)N=Nc1c(O)n(Cc2ccc(Cl)c(Cl)c2)c2ccccc12. The second kappa shape index (κ2) is 10.0. The van der Waals surface area contributed by atoms with Gasteiger partial charge in [0.25, 0.3) is 11.8 Å². The Morgan fingerprint density at radius 3 is 2.50 bits per heavy atom. The summed E-state index contributed by atoms with van der Waals surface area (Å²) in [5, 5.41) is 22.1. The van der Waals surface area contributed by atoms with Crippen molar-refractivity contribution in [3.8, 4) is 5.88 Å². The van der Waals surface area contributed by atoms with Crippen LogP contribution in [0.4, 0.5) is 10.1 Å². The van der Waals surface area contributed by atoms with Gasteiger partial charge in [0.1, 0.15) is 12.4 Å². The van der Waals surface area contributed by atoms with Crippen LogP contribution < -0.4 is 5.32 Å². The van der Waals surface area contributed by atoms with Gasteiger partial charge in [-0.2, -0.15) is 0 Å². The van der Waals surface area contributed by atoms with Crippen LogP contribution in [0.5, 0.6) is 5.88 Å². The summed E-state index contributed by atoms with van der Waals surface area (Å²) in [4.78, 5) is 24.2. The molecule has 2 amide bonds. The third-order valence-electron chi connectivity index (χ3n) is 5.02. The first-order valence-corrected chi connectivity index (χ1v) is 10.8. The Bertz CT molecular complexity index is 1440. The van der Waals surface area contributed by atoms with Crippen molar-refractivity contribution in [1.82, 2.24) is 9.88 Å². The number of fused-ring (bicyclic) bond motifs is 1. The fraction of sp³-hybridized carbons (Fsp3) is 0.0833. The lowest BCUT2D eigenvalue weighted by molar-refractivity contribution is -0.117. The van der Waals surface area contributed by atoms with E-state index < -0.39 is 24.2 Å². The molecule has 0 bridgehead atoms. The molecule has 0 saturated heterocycles. The van der Waals surface area contributed by atoms with Crippen molar-refractivity contribution in [2.45, 2.75) is 6.54 Å². The molecule has 0 unspecified atom stereocenters. The maximum Gasteiger partial charge on any atom is 0.283 e. The molecule has 2 N–H and O–H groups in total. The van der Waals surface area contributed by atoms with Crippen molar-refractivity contribution >= 4 is 51.6 Å². The van der Waals surface area contributed by atoms with Crippen molar-refractivity contribution in [1.29, 1.82) is 0 Å². The van der Waals surface area contributed by atoms with E-state index in [2.05, 4.69) is 15.5 Å². The van der Waals surface area contributed by atoms with Gasteiger partial charge in [-0.05, 0) is 35.9 Å². The molecule has 4 aromatic rings. The Morgan fingerprint density at radius 2 is 1.74 bits per heavy atom. The van der Waals surface area contributed by atoms with E-state index in [9.17, 15) is 19.1 Å². The van der Waals surface area contributed by atoms with Gasteiger partial charge in [0, 0.05) is 5.39 Å². The lowest BCUT2D eigenvalue weighted by Gasteiger charge is -2.08. The molecule has 1 aromatic heterocycles. The van der Waals surface area contributed by atoms with Gasteiger partial charge in [-0.3, -0.25) is 9.59 Å². The van der Waals surface area contributed by atoms with E-state index in [1.54, 1.807) is 47.0 Å². The number of amides is 2. The van der Waals surface area contributed by atoms with Crippen molar-refractivity contribution in [3.05, 3.63) is 93.7 Å². The summed E-state index contributed by atoms with van der Waals surface area (Å²) in [6.07, 6.45) is 0. The second-order valence-electron chi connectivity index (χ2n) is 7.28. The second-order valence-corrected chi connectivity index (χ2v) is 8.09. The van der Waals surface area contributed by atoms with E-state index in [0.29, 0.717) is 20.9 Å². The number of rotatable bonds is 6. The van der Waals surface area contributed by atoms with Crippen molar-refractivity contribution in [2.24, 2.45) is 10.2 Å². The number of azo groups is 1. The first-order chi connectivity index (χ1) is 16.3. The van der Waals surface area contributed by atoms with E-state index in [4.69, 9.17) is 23.2 Å². The standard InChI is InChI=1S/C24H17Cl2FN4O3/c25-17-10-9-14(11-18(17)26)13-31-20-8-4-2-6-16(20)22(24(31)34)30-29-21(32)12-28-23(33)15-5-1-3-7-19(15)27/h1-11,34H,12-13H2,(H,28,33). The van der Waals surface area contributed by atoms with Crippen LogP contribution in [0.3, 0.4) is 0 Å². The fourth-order valence-corrected chi connectivity index (χ4v) is 3.71. The molecule has 4 rings (SSSR count). The van der Waals surface area contributed by atoms with Gasteiger partial charge in [0.15, 0.2) is 5.69 Å². The van der Waals surface area contributed by atoms with E-state index in [1.807, 2.05) is 0 Å². The summed E-state index contributed by atoms with van der Waals surface area (Å²) in [6, 6.07) is 17.7. The molecule has 3 aromatic carbocycles. The lowest BCUT2D eigenvalue weighted by atomic mass is 10.2. The monoisotopic (exact) mass is 498 g/mol. The molecular formula is C24H17Cl2FN4O3. The Hall–Kier alpha value is -3.75. The summed E-state index contributed by atoms with van der Waals surface area (Å²) in [6.45, 7) is -0.218. The number of nitrogens with zero attached hydrogens (tertiary/aromatic N) is 3. The molecule has 172 valence electrons. The van der Waals surface area contributed by atoms with Crippen LogP contribution in [-0.4, -0.2) is 28.0 Å². The van der Waals surface area contributed by atoms with Gasteiger partial charge in [0.2, 0.25) is 5.88 Å². The summed E-state index contributed by atoms with van der Waals surface area (Å²) in [5.74, 6) is -2.42. The minimum absolute atomic E-state index is 0.101. The first-order valence-electron chi connectivity index (χ1n) is 10.1. The van der Waals surface area contributed by atoms with Crippen molar-refractivity contribution in [2.75, 3.05) is 6.54 Å². The number of aromatic hydroxyl groups is 1. The molecule has 0 aliphatic carbocycles. The number of hydrogen-bond acceptors (Lipinski definition) is 4. The molecule has 0 saturated carbocycles. The molecular weight excluding hydrogens is 482 g/mol. The molecule has 0 radical (unpaired) electrons. The van der Waals surface area contributed by atoms with Gasteiger partial charge in [-0.25, -0.2) is 4.39 Å². The van der Waals surface area contributed by atoms with E-state index >= 15 is 0 Å². The molecule has 34 heavy (non-hydrogen) atoms. The zero-order chi connectivity index (χ0) is 24.2. The molecule has 0 aliphatic heterocycles. The smallest absolute Gasteiger partial charge is 0.283 e. The van der Waals surface area contributed by atoms with Crippen LogP contribution in [0.25, 0.3) is 10.9 Å². The predicted molar refractivity (Wildman–Crippen MR) is 127 cm³/mol. The number of hydrogen-bond donors (Lipinski definition) is 2. The Labute approximate surface area is 203 Å². The van der Waals surface area contributed by atoms with Gasteiger partial charge >= 0.3 is 0 Å². The highest BCUT2D eigenvalue weighted by Crippen LogP contribution is 2.39. The fourth-order valence-electron chi connectivity index (χ4n) is 3.39. The molecule has 0 atom stereocenters. The molecule has 1 heterocycles. The summed E-state index contributed by atoms with van der Waals surface area (Å²) in [7, 11) is 0. The highest BCUT2D eigenvalue weighted by atomic mass is 35.5. The zero-order valence-electron chi connectivity index (χ0n) is 17.5. The molecule has 0 spiro atoms. The highest BCUT2D eigenvalue weighted by Gasteiger charge is 2.18. The molecule has 7 nitrogen and oxygen atoms in total. The topological polar surface area (TPSA) is 96.1 Å². The largest absolute Gasteiger partial charge is 0.493 e. The average molecular weight is 499 g/mol. The zero-order valence-corrected chi connectivity index (χ0v) is 19.0. The van der Waals surface area contributed by atoms with Crippen LogP contribution in [0.2, 0.25) is 10.0 Å². The van der Waals surface area contributed by atoms with Crippen LogP contribution in [-0.2, 0) is 11.3 Å². The minimum Gasteiger partial charge on any atom is -0.493 e. The minimum atomic E-state index is -0.773. The molecule has 10 heteroatoms. The third kappa shape index (κ3) is 4.93. The van der Waals surface area contributed by atoms with Crippen LogP contribution in [0.1, 0.15) is 15.9 Å². The summed E-state index contributed by atoms with van der Waals surface area (Å²) >= 11 is 12.1. The van der Waals surface area contributed by atoms with E-state index in [0.717, 1.165) is 11.6 Å². The Morgan fingerprint density at radius 1 is 1.00 bits per heavy atom. The van der Waals surface area contributed by atoms with Crippen molar-refractivity contribution < 1.29 is 19.1 Å². The lowest BCUT2D eigenvalue weighted by Crippen LogP contribution is -2.29. The normalized spacial score (nSPS) is 11.3. The van der Waals surface area contributed by atoms with Crippen LogP contribution in [0, 0.1) is 5.82 Å². The number of halogens is 3. The Balaban J connectivity index is 1.54. The highest BCUT2D eigenvalue weighted by molar-refractivity contribution is 6.42. The van der Waals surface area contributed by atoms with E-state index in [1.165, 1.54) is 18.2 Å². The predicted octanol–water partition coefficient (Wildman–Crippen LogP) is 5.88. The maximum absolute atomic E-state index is 13.7. The van der Waals surface area contributed by atoms with Gasteiger partial charge in [-0.15, -0.1) is 10.2 Å².